The van der Waals surface area contributed by atoms with Crippen molar-refractivity contribution >= 4 is 23.1 Å². The lowest BCUT2D eigenvalue weighted by molar-refractivity contribution is -0.0159. The van der Waals surface area contributed by atoms with Crippen molar-refractivity contribution < 1.29 is 23.8 Å². The highest BCUT2D eigenvalue weighted by molar-refractivity contribution is 6.09. The van der Waals surface area contributed by atoms with Crippen molar-refractivity contribution in [1.29, 1.82) is 0 Å². The topological polar surface area (TPSA) is 121 Å². The molecule has 10 nitrogen and oxygen atoms in total. The fourth-order valence-corrected chi connectivity index (χ4v) is 4.43. The van der Waals surface area contributed by atoms with Gasteiger partial charge in [0.1, 0.15) is 23.6 Å². The summed E-state index contributed by atoms with van der Waals surface area (Å²) >= 11 is 0. The van der Waals surface area contributed by atoms with Gasteiger partial charge in [-0.1, -0.05) is 0 Å². The lowest BCUT2D eigenvalue weighted by Gasteiger charge is -2.26. The molecule has 1 aromatic carbocycles. The highest BCUT2D eigenvalue weighted by atomic mass is 19.1. The van der Waals surface area contributed by atoms with Crippen LogP contribution in [0.15, 0.2) is 36.8 Å². The predicted molar refractivity (Wildman–Crippen MR) is 130 cm³/mol. The van der Waals surface area contributed by atoms with Crippen molar-refractivity contribution in [3.05, 3.63) is 53.5 Å². The van der Waals surface area contributed by atoms with Crippen LogP contribution in [-0.2, 0) is 6.54 Å². The number of carbonyl (C=O) groups excluding carboxylic acids is 2. The van der Waals surface area contributed by atoms with Gasteiger partial charge >= 0.3 is 0 Å². The Kier molecular flexibility index (Phi) is 6.35. The molecule has 2 aliphatic heterocycles. The van der Waals surface area contributed by atoms with Gasteiger partial charge in [-0.25, -0.2) is 13.9 Å². The van der Waals surface area contributed by atoms with Crippen LogP contribution in [0, 0.1) is 0 Å². The standard InChI is InChI=1S/C25H29FN6O4/c1-25(2,35)21(26)14-31-13-15-10-19(30-23(33)18-12-29-32-9-3-6-28-22(18)32)20(11-17(15)24(31)34)36-16-4-7-27-8-5-16/h3,6,9-12,16,21,27,35H,4-5,7-8,13-14H2,1-2H3,(H,30,33). The number of aliphatic hydroxyl groups is 1. The average molecular weight is 497 g/mol. The highest BCUT2D eigenvalue weighted by Gasteiger charge is 2.35. The first-order valence-corrected chi connectivity index (χ1v) is 12.0. The second kappa shape index (κ2) is 9.47. The Labute approximate surface area is 207 Å². The number of fused-ring (bicyclic) bond motifs is 2. The Morgan fingerprint density at radius 1 is 1.36 bits per heavy atom. The molecule has 5 rings (SSSR count). The zero-order chi connectivity index (χ0) is 25.4. The van der Waals surface area contributed by atoms with E-state index < -0.39 is 17.7 Å². The number of nitrogens with zero attached hydrogens (tertiary/aromatic N) is 4. The molecule has 2 aromatic heterocycles. The largest absolute Gasteiger partial charge is 0.488 e. The summed E-state index contributed by atoms with van der Waals surface area (Å²) in [5.74, 6) is -0.365. The number of benzene rings is 1. The van der Waals surface area contributed by atoms with E-state index in [-0.39, 0.29) is 25.1 Å². The molecule has 36 heavy (non-hydrogen) atoms. The summed E-state index contributed by atoms with van der Waals surface area (Å²) in [7, 11) is 0. The van der Waals surface area contributed by atoms with E-state index in [9.17, 15) is 19.1 Å². The Hall–Kier alpha value is -3.57. The first kappa shape index (κ1) is 24.1. The van der Waals surface area contributed by atoms with Crippen molar-refractivity contribution in [2.45, 2.75) is 51.1 Å². The lowest BCUT2D eigenvalue weighted by Crippen LogP contribution is -2.42. The van der Waals surface area contributed by atoms with Gasteiger partial charge in [-0.2, -0.15) is 5.10 Å². The minimum Gasteiger partial charge on any atom is -0.488 e. The number of ether oxygens (including phenoxy) is 1. The Balaban J connectivity index is 1.45. The van der Waals surface area contributed by atoms with Crippen LogP contribution >= 0.6 is 0 Å². The number of rotatable bonds is 7. The Bertz CT molecular complexity index is 1300. The number of halogens is 1. The molecular formula is C25H29FN6O4. The maximum absolute atomic E-state index is 14.5. The highest BCUT2D eigenvalue weighted by Crippen LogP contribution is 2.36. The fraction of sp³-hybridized carbons (Fsp3) is 0.440. The van der Waals surface area contributed by atoms with Crippen LogP contribution in [0.3, 0.4) is 0 Å². The number of carbonyl (C=O) groups is 2. The molecule has 0 saturated carbocycles. The molecule has 0 bridgehead atoms. The van der Waals surface area contributed by atoms with Crippen LogP contribution in [0.25, 0.3) is 5.65 Å². The third-order valence-electron chi connectivity index (χ3n) is 6.58. The molecule has 0 aliphatic carbocycles. The molecule has 1 saturated heterocycles. The Morgan fingerprint density at radius 2 is 2.14 bits per heavy atom. The lowest BCUT2D eigenvalue weighted by atomic mass is 10.0. The van der Waals surface area contributed by atoms with E-state index in [2.05, 4.69) is 20.7 Å². The summed E-state index contributed by atoms with van der Waals surface area (Å²) in [5, 5.41) is 20.3. The third-order valence-corrected chi connectivity index (χ3v) is 6.58. The van der Waals surface area contributed by atoms with E-state index in [1.165, 1.54) is 29.5 Å². The summed E-state index contributed by atoms with van der Waals surface area (Å²) in [4.78, 5) is 31.9. The maximum atomic E-state index is 14.5. The quantitative estimate of drug-likeness (QED) is 0.458. The number of nitrogens with one attached hydrogen (secondary N) is 2. The van der Waals surface area contributed by atoms with Gasteiger partial charge in [-0.3, -0.25) is 9.59 Å². The predicted octanol–water partition coefficient (Wildman–Crippen LogP) is 2.18. The monoisotopic (exact) mass is 496 g/mol. The zero-order valence-corrected chi connectivity index (χ0v) is 20.2. The van der Waals surface area contributed by atoms with Gasteiger partial charge in [0.15, 0.2) is 5.65 Å². The fourth-order valence-electron chi connectivity index (χ4n) is 4.43. The SMILES string of the molecule is CC(C)(O)C(F)CN1Cc2cc(NC(=O)c3cnn4cccnc34)c(OC3CCNCC3)cc2C1=O. The van der Waals surface area contributed by atoms with E-state index in [1.54, 1.807) is 30.6 Å². The molecule has 2 aliphatic rings. The van der Waals surface area contributed by atoms with Crippen LogP contribution in [-0.4, -0.2) is 73.9 Å². The van der Waals surface area contributed by atoms with Gasteiger partial charge < -0.3 is 25.4 Å². The van der Waals surface area contributed by atoms with E-state index in [1.807, 2.05) is 0 Å². The number of anilines is 1. The maximum Gasteiger partial charge on any atom is 0.261 e. The van der Waals surface area contributed by atoms with Crippen LogP contribution in [0.5, 0.6) is 5.75 Å². The van der Waals surface area contributed by atoms with Crippen molar-refractivity contribution in [1.82, 2.24) is 24.8 Å². The normalized spacial score (nSPS) is 17.3. The smallest absolute Gasteiger partial charge is 0.261 e. The number of alkyl halides is 1. The van der Waals surface area contributed by atoms with Gasteiger partial charge in [0, 0.05) is 24.5 Å². The second-order valence-corrected chi connectivity index (χ2v) is 9.78. The first-order chi connectivity index (χ1) is 17.2. The molecule has 1 unspecified atom stereocenters. The number of amides is 2. The van der Waals surface area contributed by atoms with E-state index in [0.29, 0.717) is 33.8 Å². The molecule has 1 atom stereocenters. The molecule has 1 fully saturated rings. The van der Waals surface area contributed by atoms with Crippen LogP contribution in [0.2, 0.25) is 0 Å². The first-order valence-electron chi connectivity index (χ1n) is 12.0. The third kappa shape index (κ3) is 4.76. The molecule has 11 heteroatoms. The van der Waals surface area contributed by atoms with Gasteiger partial charge in [-0.15, -0.1) is 0 Å². The minimum atomic E-state index is -1.61. The summed E-state index contributed by atoms with van der Waals surface area (Å²) in [6.07, 6.45) is 4.63. The molecule has 2 amide bonds. The molecule has 3 N–H and O–H groups in total. The van der Waals surface area contributed by atoms with Crippen molar-refractivity contribution in [3.63, 3.8) is 0 Å². The van der Waals surface area contributed by atoms with Gasteiger partial charge in [0.2, 0.25) is 0 Å². The van der Waals surface area contributed by atoms with E-state index in [4.69, 9.17) is 4.74 Å². The van der Waals surface area contributed by atoms with Crippen LogP contribution < -0.4 is 15.4 Å². The van der Waals surface area contributed by atoms with Crippen molar-refractivity contribution in [3.8, 4) is 5.75 Å². The summed E-state index contributed by atoms with van der Waals surface area (Å²) in [6.45, 7) is 4.30. The summed E-state index contributed by atoms with van der Waals surface area (Å²) in [6, 6.07) is 5.05. The Morgan fingerprint density at radius 3 is 2.89 bits per heavy atom. The van der Waals surface area contributed by atoms with Crippen molar-refractivity contribution in [2.75, 3.05) is 25.0 Å². The van der Waals surface area contributed by atoms with Gasteiger partial charge in [-0.05, 0) is 63.5 Å². The number of piperidine rings is 1. The van der Waals surface area contributed by atoms with Gasteiger partial charge in [0.25, 0.3) is 11.8 Å². The molecule has 4 heterocycles. The van der Waals surface area contributed by atoms with Gasteiger partial charge in [0.05, 0.1) is 24.0 Å². The molecule has 0 radical (unpaired) electrons. The second-order valence-electron chi connectivity index (χ2n) is 9.78. The zero-order valence-electron chi connectivity index (χ0n) is 20.2. The van der Waals surface area contributed by atoms with Crippen LogP contribution in [0.1, 0.15) is 53.0 Å². The number of aromatic nitrogens is 3. The molecule has 0 spiro atoms. The van der Waals surface area contributed by atoms with Crippen molar-refractivity contribution in [2.24, 2.45) is 0 Å². The number of hydrogen-bond acceptors (Lipinski definition) is 7. The summed E-state index contributed by atoms with van der Waals surface area (Å²) < 4.78 is 22.3. The van der Waals surface area contributed by atoms with Crippen LogP contribution in [0.4, 0.5) is 10.1 Å². The molecular weight excluding hydrogens is 467 g/mol. The molecule has 3 aromatic rings. The number of hydrogen-bond donors (Lipinski definition) is 3. The minimum absolute atomic E-state index is 0.0726. The van der Waals surface area contributed by atoms with E-state index in [0.717, 1.165) is 25.9 Å². The molecule has 190 valence electrons. The summed E-state index contributed by atoms with van der Waals surface area (Å²) in [5.41, 5.74) is 0.610. The van der Waals surface area contributed by atoms with E-state index >= 15 is 0 Å². The average Bonchev–Trinajstić information content (AvgIpc) is 3.41.